The standard InChI is InChI=1S/C11H11N3O2/c12-8(11(15)16)4-7-5-10-9(14-6-7)2-1-3-13-10/h1-3,5-6,8H,4,12H2,(H,15,16)/t8-/m0/s1. The summed E-state index contributed by atoms with van der Waals surface area (Å²) in [6, 6.07) is 4.56. The van der Waals surface area contributed by atoms with Crippen molar-refractivity contribution in [2.75, 3.05) is 0 Å². The number of pyridine rings is 2. The Balaban J connectivity index is 2.29. The smallest absolute Gasteiger partial charge is 0.320 e. The van der Waals surface area contributed by atoms with Crippen LogP contribution >= 0.6 is 0 Å². The Hall–Kier alpha value is -2.01. The molecule has 0 aromatic carbocycles. The van der Waals surface area contributed by atoms with Gasteiger partial charge in [-0.25, -0.2) is 0 Å². The Morgan fingerprint density at radius 3 is 3.00 bits per heavy atom. The van der Waals surface area contributed by atoms with E-state index in [9.17, 15) is 4.79 Å². The number of hydrogen-bond acceptors (Lipinski definition) is 4. The van der Waals surface area contributed by atoms with Crippen molar-refractivity contribution in [2.45, 2.75) is 12.5 Å². The van der Waals surface area contributed by atoms with Gasteiger partial charge in [-0.1, -0.05) is 0 Å². The second kappa shape index (κ2) is 4.24. The van der Waals surface area contributed by atoms with Crippen molar-refractivity contribution in [3.8, 4) is 0 Å². The van der Waals surface area contributed by atoms with E-state index in [1.54, 1.807) is 18.5 Å². The molecule has 0 saturated carbocycles. The molecule has 1 atom stereocenters. The molecule has 3 N–H and O–H groups in total. The van der Waals surface area contributed by atoms with Gasteiger partial charge in [-0.05, 0) is 30.2 Å². The Morgan fingerprint density at radius 1 is 1.44 bits per heavy atom. The topological polar surface area (TPSA) is 89.1 Å². The molecule has 0 spiro atoms. The highest BCUT2D eigenvalue weighted by Crippen LogP contribution is 2.11. The Bertz CT molecular complexity index is 527. The maximum absolute atomic E-state index is 10.6. The average molecular weight is 217 g/mol. The van der Waals surface area contributed by atoms with E-state index in [2.05, 4.69) is 9.97 Å². The predicted octanol–water partition coefficient (Wildman–Crippen LogP) is 0.584. The highest BCUT2D eigenvalue weighted by atomic mass is 16.4. The van der Waals surface area contributed by atoms with E-state index in [4.69, 9.17) is 10.8 Å². The van der Waals surface area contributed by atoms with Crippen LogP contribution in [0, 0.1) is 0 Å². The number of fused-ring (bicyclic) bond motifs is 1. The minimum Gasteiger partial charge on any atom is -0.480 e. The summed E-state index contributed by atoms with van der Waals surface area (Å²) in [6.45, 7) is 0. The molecule has 2 aromatic rings. The van der Waals surface area contributed by atoms with E-state index in [1.807, 2.05) is 12.1 Å². The Labute approximate surface area is 91.9 Å². The van der Waals surface area contributed by atoms with Crippen LogP contribution in [0.3, 0.4) is 0 Å². The van der Waals surface area contributed by atoms with Gasteiger partial charge in [-0.3, -0.25) is 14.8 Å². The molecular formula is C11H11N3O2. The molecule has 5 nitrogen and oxygen atoms in total. The van der Waals surface area contributed by atoms with Gasteiger partial charge >= 0.3 is 5.97 Å². The minimum absolute atomic E-state index is 0.259. The van der Waals surface area contributed by atoms with E-state index in [1.165, 1.54) is 0 Å². The molecule has 2 aromatic heterocycles. The summed E-state index contributed by atoms with van der Waals surface area (Å²) in [5.41, 5.74) is 7.76. The van der Waals surface area contributed by atoms with Crippen LogP contribution in [0.5, 0.6) is 0 Å². The molecular weight excluding hydrogens is 206 g/mol. The fraction of sp³-hybridized carbons (Fsp3) is 0.182. The summed E-state index contributed by atoms with van der Waals surface area (Å²) in [4.78, 5) is 18.9. The number of nitrogens with two attached hydrogens (primary N) is 1. The Morgan fingerprint density at radius 2 is 2.25 bits per heavy atom. The van der Waals surface area contributed by atoms with Crippen LogP contribution in [0.1, 0.15) is 5.56 Å². The fourth-order valence-corrected chi connectivity index (χ4v) is 1.45. The molecule has 0 fully saturated rings. The van der Waals surface area contributed by atoms with Gasteiger partial charge in [0, 0.05) is 12.4 Å². The Kier molecular flexibility index (Phi) is 2.78. The molecule has 0 aliphatic heterocycles. The van der Waals surface area contributed by atoms with E-state index < -0.39 is 12.0 Å². The molecule has 0 bridgehead atoms. The van der Waals surface area contributed by atoms with Crippen molar-refractivity contribution in [3.05, 3.63) is 36.2 Å². The van der Waals surface area contributed by atoms with Crippen LogP contribution in [0.15, 0.2) is 30.6 Å². The van der Waals surface area contributed by atoms with Crippen LogP contribution in [0.4, 0.5) is 0 Å². The molecule has 2 heterocycles. The lowest BCUT2D eigenvalue weighted by Gasteiger charge is -2.06. The van der Waals surface area contributed by atoms with E-state index in [-0.39, 0.29) is 6.42 Å². The minimum atomic E-state index is -1.01. The first-order chi connectivity index (χ1) is 7.66. The molecule has 0 radical (unpaired) electrons. The third-order valence-electron chi connectivity index (χ3n) is 2.28. The zero-order valence-electron chi connectivity index (χ0n) is 8.50. The first-order valence-corrected chi connectivity index (χ1v) is 4.85. The summed E-state index contributed by atoms with van der Waals surface area (Å²) in [7, 11) is 0. The molecule has 0 aliphatic rings. The predicted molar refractivity (Wildman–Crippen MR) is 58.9 cm³/mol. The number of aromatic nitrogens is 2. The third kappa shape index (κ3) is 2.14. The van der Waals surface area contributed by atoms with Gasteiger partial charge in [-0.15, -0.1) is 0 Å². The van der Waals surface area contributed by atoms with Crippen molar-refractivity contribution in [1.82, 2.24) is 9.97 Å². The van der Waals surface area contributed by atoms with Crippen molar-refractivity contribution < 1.29 is 9.90 Å². The highest BCUT2D eigenvalue weighted by Gasteiger charge is 2.12. The molecule has 16 heavy (non-hydrogen) atoms. The monoisotopic (exact) mass is 217 g/mol. The SMILES string of the molecule is N[C@@H](Cc1cnc2cccnc2c1)C(=O)O. The largest absolute Gasteiger partial charge is 0.480 e. The first-order valence-electron chi connectivity index (χ1n) is 4.85. The molecule has 0 amide bonds. The van der Waals surface area contributed by atoms with Crippen molar-refractivity contribution in [1.29, 1.82) is 0 Å². The van der Waals surface area contributed by atoms with Crippen LogP contribution in [0.25, 0.3) is 11.0 Å². The van der Waals surface area contributed by atoms with Gasteiger partial charge in [0.1, 0.15) is 6.04 Å². The highest BCUT2D eigenvalue weighted by molar-refractivity contribution is 5.75. The summed E-state index contributed by atoms with van der Waals surface area (Å²) >= 11 is 0. The number of hydrogen-bond donors (Lipinski definition) is 2. The number of carboxylic acids is 1. The molecule has 5 heteroatoms. The van der Waals surface area contributed by atoms with Crippen LogP contribution in [-0.4, -0.2) is 27.1 Å². The maximum atomic E-state index is 10.6. The number of nitrogens with zero attached hydrogens (tertiary/aromatic N) is 2. The summed E-state index contributed by atoms with van der Waals surface area (Å²) < 4.78 is 0. The van der Waals surface area contributed by atoms with Crippen molar-refractivity contribution in [3.63, 3.8) is 0 Å². The summed E-state index contributed by atoms with van der Waals surface area (Å²) in [6.07, 6.45) is 3.56. The van der Waals surface area contributed by atoms with E-state index in [0.717, 1.165) is 16.6 Å². The number of carboxylic acid groups (broad SMARTS) is 1. The fourth-order valence-electron chi connectivity index (χ4n) is 1.45. The number of rotatable bonds is 3. The molecule has 2 rings (SSSR count). The van der Waals surface area contributed by atoms with Gasteiger partial charge < -0.3 is 10.8 Å². The van der Waals surface area contributed by atoms with E-state index >= 15 is 0 Å². The molecule has 0 unspecified atom stereocenters. The van der Waals surface area contributed by atoms with Gasteiger partial charge in [0.05, 0.1) is 11.0 Å². The molecule has 0 aliphatic carbocycles. The van der Waals surface area contributed by atoms with Gasteiger partial charge in [0.15, 0.2) is 0 Å². The van der Waals surface area contributed by atoms with Crippen LogP contribution in [0.2, 0.25) is 0 Å². The molecule has 82 valence electrons. The second-order valence-electron chi connectivity index (χ2n) is 3.53. The quantitative estimate of drug-likeness (QED) is 0.785. The van der Waals surface area contributed by atoms with Crippen LogP contribution in [-0.2, 0) is 11.2 Å². The van der Waals surface area contributed by atoms with E-state index in [0.29, 0.717) is 0 Å². The molecule has 0 saturated heterocycles. The maximum Gasteiger partial charge on any atom is 0.320 e. The average Bonchev–Trinajstić information content (AvgIpc) is 2.28. The zero-order chi connectivity index (χ0) is 11.5. The lowest BCUT2D eigenvalue weighted by atomic mass is 10.1. The van der Waals surface area contributed by atoms with Crippen LogP contribution < -0.4 is 5.73 Å². The van der Waals surface area contributed by atoms with Gasteiger partial charge in [0.25, 0.3) is 0 Å². The lowest BCUT2D eigenvalue weighted by molar-refractivity contribution is -0.138. The van der Waals surface area contributed by atoms with Crippen molar-refractivity contribution >= 4 is 17.0 Å². The normalized spacial score (nSPS) is 12.6. The number of carbonyl (C=O) groups is 1. The third-order valence-corrected chi connectivity index (χ3v) is 2.28. The van der Waals surface area contributed by atoms with Gasteiger partial charge in [-0.2, -0.15) is 0 Å². The lowest BCUT2D eigenvalue weighted by Crippen LogP contribution is -2.32. The zero-order valence-corrected chi connectivity index (χ0v) is 8.50. The number of aliphatic carboxylic acids is 1. The second-order valence-corrected chi connectivity index (χ2v) is 3.53. The summed E-state index contributed by atoms with van der Waals surface area (Å²) in [5.74, 6) is -1.01. The van der Waals surface area contributed by atoms with Crippen molar-refractivity contribution in [2.24, 2.45) is 5.73 Å². The first kappa shape index (κ1) is 10.5. The summed E-state index contributed by atoms with van der Waals surface area (Å²) in [5, 5.41) is 8.70. The van der Waals surface area contributed by atoms with Gasteiger partial charge in [0.2, 0.25) is 0 Å².